The molecule has 3 N–H and O–H groups in total. The molecule has 2 rings (SSSR count). The van der Waals surface area contributed by atoms with E-state index in [0.717, 1.165) is 12.3 Å². The van der Waals surface area contributed by atoms with Crippen molar-refractivity contribution >= 4 is 33.0 Å². The summed E-state index contributed by atoms with van der Waals surface area (Å²) < 4.78 is 36.4. The van der Waals surface area contributed by atoms with E-state index in [1.807, 2.05) is 0 Å². The number of hydroxylamine groups is 2. The molecule has 0 radical (unpaired) electrons. The molecule has 156 valence electrons. The van der Waals surface area contributed by atoms with Gasteiger partial charge in [0.2, 0.25) is 16.2 Å². The van der Waals surface area contributed by atoms with Gasteiger partial charge in [-0.3, -0.25) is 4.79 Å². The molecule has 4 atom stereocenters. The molecule has 2 heterocycles. The third kappa shape index (κ3) is 4.53. The van der Waals surface area contributed by atoms with E-state index < -0.39 is 59.8 Å². The fourth-order valence-corrected chi connectivity index (χ4v) is 5.80. The van der Waals surface area contributed by atoms with Gasteiger partial charge in [-0.05, 0) is 36.3 Å². The number of carbonyl (C=O) groups is 2. The summed E-state index contributed by atoms with van der Waals surface area (Å²) in [6, 6.07) is 2.89. The second kappa shape index (κ2) is 9.29. The quantitative estimate of drug-likeness (QED) is 0.327. The topological polar surface area (TPSA) is 165 Å². The molecule has 10 nitrogen and oxygen atoms in total. The normalized spacial score (nSPS) is 22.5. The Bertz CT molecular complexity index is 797. The van der Waals surface area contributed by atoms with E-state index in [-0.39, 0.29) is 12.8 Å². The number of nitrogens with zero attached hydrogens (tertiary/aromatic N) is 2. The molecule has 1 aromatic heterocycles. The maximum absolute atomic E-state index is 13.9. The number of rotatable bonds is 7. The maximum atomic E-state index is 13.9. The Balaban J connectivity index is 2.61. The lowest BCUT2D eigenvalue weighted by Crippen LogP contribution is -2.63. The van der Waals surface area contributed by atoms with E-state index in [1.165, 1.54) is 18.3 Å². The molecule has 3 unspecified atom stereocenters. The van der Waals surface area contributed by atoms with Crippen LogP contribution in [0.25, 0.3) is 0 Å². The average Bonchev–Trinajstić information content (AvgIpc) is 2.94. The smallest absolute Gasteiger partial charge is 0.382 e. The third-order valence-electron chi connectivity index (χ3n) is 4.65. The molecule has 0 saturated carbocycles. The van der Waals surface area contributed by atoms with E-state index in [9.17, 15) is 27.8 Å². The van der Waals surface area contributed by atoms with Gasteiger partial charge in [0.15, 0.2) is 0 Å². The number of hydrogen-bond donors (Lipinski definition) is 2. The highest BCUT2D eigenvalue weighted by atomic mass is 32.2. The Morgan fingerprint density at radius 3 is 2.68 bits per heavy atom. The third-order valence-corrected chi connectivity index (χ3v) is 7.79. The molecule has 1 saturated heterocycles. The fourth-order valence-electron chi connectivity index (χ4n) is 3.20. The largest absolute Gasteiger partial charge is 0.616 e. The summed E-state index contributed by atoms with van der Waals surface area (Å²) in [5.41, 5.74) is 5.13. The second-order valence-electron chi connectivity index (χ2n) is 6.57. The molecule has 1 aliphatic heterocycles. The number of hydrogen-bond acceptors (Lipinski definition) is 8. The highest BCUT2D eigenvalue weighted by Crippen LogP contribution is 2.33. The van der Waals surface area contributed by atoms with E-state index in [2.05, 4.69) is 10.3 Å². The zero-order valence-corrected chi connectivity index (χ0v) is 17.1. The van der Waals surface area contributed by atoms with Crippen molar-refractivity contribution in [3.8, 4) is 0 Å². The maximum Gasteiger partial charge on any atom is 0.382 e. The second-order valence-corrected chi connectivity index (χ2v) is 10.0. The Labute approximate surface area is 166 Å². The van der Waals surface area contributed by atoms with Crippen LogP contribution in [0.15, 0.2) is 29.4 Å². The van der Waals surface area contributed by atoms with Crippen LogP contribution in [0.2, 0.25) is 0 Å². The van der Waals surface area contributed by atoms with Gasteiger partial charge in [-0.15, -0.1) is 0 Å². The van der Waals surface area contributed by atoms with Gasteiger partial charge in [0.05, 0.1) is 12.7 Å². The first kappa shape index (κ1) is 22.7. The molecular formula is C16H24N4O6S2. The summed E-state index contributed by atoms with van der Waals surface area (Å²) >= 11 is -1.97. The van der Waals surface area contributed by atoms with Gasteiger partial charge < -0.3 is 20.8 Å². The first-order valence-corrected chi connectivity index (χ1v) is 11.8. The SMILES string of the molecule is C[S+]([O-])[C@@H](CC(N)=O)C(=O)[N+]([O-])(C1CCCNCC1)S(=O)(=O)c1ccccn1. The van der Waals surface area contributed by atoms with Crippen LogP contribution in [0, 0.1) is 5.21 Å². The summed E-state index contributed by atoms with van der Waals surface area (Å²) in [6.07, 6.45) is 2.46. The van der Waals surface area contributed by atoms with Crippen LogP contribution < -0.4 is 11.1 Å². The molecule has 1 aliphatic rings. The summed E-state index contributed by atoms with van der Waals surface area (Å²) in [7, 11) is -4.82. The number of quaternary nitrogens is 1. The molecule has 0 bridgehead atoms. The molecule has 1 aromatic rings. The average molecular weight is 433 g/mol. The van der Waals surface area contributed by atoms with Crippen LogP contribution in [-0.2, 0) is 30.8 Å². The molecule has 0 spiro atoms. The molecular weight excluding hydrogens is 408 g/mol. The minimum Gasteiger partial charge on any atom is -0.616 e. The number of nitrogens with two attached hydrogens (primary N) is 1. The van der Waals surface area contributed by atoms with Crippen LogP contribution in [0.1, 0.15) is 25.7 Å². The van der Waals surface area contributed by atoms with Crippen LogP contribution in [0.4, 0.5) is 0 Å². The zero-order chi connectivity index (χ0) is 20.9. The predicted octanol–water partition coefficient (Wildman–Crippen LogP) is -0.624. The first-order chi connectivity index (χ1) is 13.1. The summed E-state index contributed by atoms with van der Waals surface area (Å²) in [5, 5.41) is 14.8. The van der Waals surface area contributed by atoms with E-state index >= 15 is 0 Å². The van der Waals surface area contributed by atoms with Crippen molar-refractivity contribution < 1.29 is 26.6 Å². The number of primary amides is 1. The molecule has 0 aromatic carbocycles. The highest BCUT2D eigenvalue weighted by Gasteiger charge is 2.54. The van der Waals surface area contributed by atoms with Gasteiger partial charge in [-0.25, -0.2) is 9.78 Å². The van der Waals surface area contributed by atoms with Crippen molar-refractivity contribution in [2.24, 2.45) is 5.73 Å². The van der Waals surface area contributed by atoms with Gasteiger partial charge in [-0.2, -0.15) is 12.5 Å². The number of nitrogens with one attached hydrogen (secondary N) is 1. The van der Waals surface area contributed by atoms with Gasteiger partial charge in [0.1, 0.15) is 6.04 Å². The summed E-state index contributed by atoms with van der Waals surface area (Å²) in [6.45, 7) is 0.937. The Hall–Kier alpha value is -1.57. The van der Waals surface area contributed by atoms with Crippen molar-refractivity contribution in [1.82, 2.24) is 10.3 Å². The number of pyridine rings is 1. The molecule has 2 amide bonds. The Kier molecular flexibility index (Phi) is 7.53. The summed E-state index contributed by atoms with van der Waals surface area (Å²) in [4.78, 5) is 28.3. The monoisotopic (exact) mass is 432 g/mol. The van der Waals surface area contributed by atoms with Crippen LogP contribution in [-0.4, -0.2) is 64.5 Å². The van der Waals surface area contributed by atoms with Gasteiger partial charge in [-0.1, -0.05) is 6.07 Å². The Morgan fingerprint density at radius 1 is 1.39 bits per heavy atom. The number of sulfonamides is 1. The lowest BCUT2D eigenvalue weighted by Gasteiger charge is -2.44. The van der Waals surface area contributed by atoms with E-state index in [4.69, 9.17) is 5.73 Å². The van der Waals surface area contributed by atoms with Crippen molar-refractivity contribution in [2.45, 2.75) is 42.0 Å². The molecule has 28 heavy (non-hydrogen) atoms. The number of carbonyl (C=O) groups excluding carboxylic acids is 2. The van der Waals surface area contributed by atoms with Gasteiger partial charge in [0, 0.05) is 25.6 Å². The zero-order valence-electron chi connectivity index (χ0n) is 15.4. The Morgan fingerprint density at radius 2 is 2.11 bits per heavy atom. The minimum atomic E-state index is -4.82. The van der Waals surface area contributed by atoms with Crippen molar-refractivity contribution in [3.05, 3.63) is 29.6 Å². The summed E-state index contributed by atoms with van der Waals surface area (Å²) in [5.74, 6) is -2.30. The van der Waals surface area contributed by atoms with Crippen LogP contribution in [0.5, 0.6) is 0 Å². The highest BCUT2D eigenvalue weighted by molar-refractivity contribution is 7.92. The van der Waals surface area contributed by atoms with Crippen LogP contribution in [0.3, 0.4) is 0 Å². The lowest BCUT2D eigenvalue weighted by atomic mass is 10.1. The first-order valence-electron chi connectivity index (χ1n) is 8.74. The molecule has 1 fully saturated rings. The van der Waals surface area contributed by atoms with Gasteiger partial charge >= 0.3 is 15.9 Å². The van der Waals surface area contributed by atoms with E-state index in [0.29, 0.717) is 19.5 Å². The van der Waals surface area contributed by atoms with Crippen molar-refractivity contribution in [3.63, 3.8) is 0 Å². The minimum absolute atomic E-state index is 0.126. The lowest BCUT2D eigenvalue weighted by molar-refractivity contribution is -0.705. The van der Waals surface area contributed by atoms with E-state index in [1.54, 1.807) is 0 Å². The molecule has 0 aliphatic carbocycles. The van der Waals surface area contributed by atoms with Crippen molar-refractivity contribution in [1.29, 1.82) is 0 Å². The van der Waals surface area contributed by atoms with Crippen molar-refractivity contribution in [2.75, 3.05) is 19.3 Å². The standard InChI is InChI=1S/C16H24N4O6S2/c1-27(24)13(11-14(17)21)16(22)20(23,12-5-4-8-18-10-7-12)28(25,26)15-6-2-3-9-19-15/h2-3,6,9,12-13,18H,4-5,7-8,10-11H2,1H3,(H2,17,21)/t12?,13-,20?,27?/m0/s1. The number of aromatic nitrogens is 1. The fraction of sp³-hybridized carbons (Fsp3) is 0.562. The van der Waals surface area contributed by atoms with Gasteiger partial charge in [0.25, 0.3) is 0 Å². The predicted molar refractivity (Wildman–Crippen MR) is 102 cm³/mol. The van der Waals surface area contributed by atoms with Crippen LogP contribution >= 0.6 is 0 Å². The molecule has 12 heteroatoms. The number of amides is 2.